The molecule has 0 saturated carbocycles. The molecule has 0 spiro atoms. The van der Waals surface area contributed by atoms with Crippen LogP contribution in [0, 0.1) is 24.1 Å². The molecule has 4 nitrogen and oxygen atoms in total. The largest absolute Gasteiger partial charge is 0.487 e. The molecule has 0 unspecified atom stereocenters. The van der Waals surface area contributed by atoms with Gasteiger partial charge in [-0.2, -0.15) is 5.26 Å². The Balaban J connectivity index is 2.16. The summed E-state index contributed by atoms with van der Waals surface area (Å²) in [4.78, 5) is 13.1. The Hall–Kier alpha value is -2.36. The van der Waals surface area contributed by atoms with Crippen molar-refractivity contribution in [3.05, 3.63) is 56.0 Å². The number of esters is 1. The highest BCUT2D eigenvalue weighted by Gasteiger charge is 2.12. The van der Waals surface area contributed by atoms with E-state index in [1.807, 2.05) is 19.1 Å². The number of benzene rings is 1. The summed E-state index contributed by atoms with van der Waals surface area (Å²) in [6.07, 6.45) is 1.47. The molecule has 0 atom stereocenters. The van der Waals surface area contributed by atoms with Crippen molar-refractivity contribution >= 4 is 35.0 Å². The maximum Gasteiger partial charge on any atom is 0.348 e. The highest BCUT2D eigenvalue weighted by atomic mass is 35.5. The number of hydrogen-bond acceptors (Lipinski definition) is 5. The minimum absolute atomic E-state index is 0.0761. The summed E-state index contributed by atoms with van der Waals surface area (Å²) >= 11 is 7.34. The summed E-state index contributed by atoms with van der Waals surface area (Å²) in [7, 11) is 1.22. The van der Waals surface area contributed by atoms with Gasteiger partial charge in [-0.3, -0.25) is 0 Å². The zero-order valence-corrected chi connectivity index (χ0v) is 14.5. The van der Waals surface area contributed by atoms with Crippen LogP contribution in [0.1, 0.15) is 15.3 Å². The van der Waals surface area contributed by atoms with Crippen LogP contribution in [0.25, 0.3) is 6.08 Å². The van der Waals surface area contributed by atoms with Crippen LogP contribution in [-0.2, 0) is 16.1 Å². The van der Waals surface area contributed by atoms with E-state index in [1.165, 1.54) is 42.7 Å². The van der Waals surface area contributed by atoms with Crippen LogP contribution in [-0.4, -0.2) is 13.1 Å². The normalized spacial score (nSPS) is 11.0. The van der Waals surface area contributed by atoms with E-state index in [1.54, 1.807) is 0 Å². The van der Waals surface area contributed by atoms with Crippen LogP contribution in [0.5, 0.6) is 5.75 Å². The van der Waals surface area contributed by atoms with E-state index in [9.17, 15) is 9.18 Å². The summed E-state index contributed by atoms with van der Waals surface area (Å²) in [5.41, 5.74) is 0.807. The molecule has 1 aromatic heterocycles. The monoisotopic (exact) mass is 365 g/mol. The molecule has 1 heterocycles. The highest BCUT2D eigenvalue weighted by molar-refractivity contribution is 7.13. The van der Waals surface area contributed by atoms with Gasteiger partial charge in [-0.05, 0) is 37.3 Å². The van der Waals surface area contributed by atoms with Crippen LogP contribution in [0.15, 0.2) is 29.8 Å². The van der Waals surface area contributed by atoms with Crippen LogP contribution < -0.4 is 4.74 Å². The van der Waals surface area contributed by atoms with Crippen molar-refractivity contribution in [3.63, 3.8) is 0 Å². The van der Waals surface area contributed by atoms with Gasteiger partial charge in [0.25, 0.3) is 0 Å². The Kier molecular flexibility index (Phi) is 5.96. The predicted molar refractivity (Wildman–Crippen MR) is 90.4 cm³/mol. The summed E-state index contributed by atoms with van der Waals surface area (Å²) < 4.78 is 23.2. The third-order valence-electron chi connectivity index (χ3n) is 3.13. The molecule has 0 radical (unpaired) electrons. The van der Waals surface area contributed by atoms with Crippen LogP contribution in [0.4, 0.5) is 4.39 Å². The fourth-order valence-electron chi connectivity index (χ4n) is 1.90. The lowest BCUT2D eigenvalue weighted by Gasteiger charge is -2.07. The molecule has 0 N–H and O–H groups in total. The summed E-state index contributed by atoms with van der Waals surface area (Å²) in [5, 5.41) is 9.18. The lowest BCUT2D eigenvalue weighted by molar-refractivity contribution is -0.135. The van der Waals surface area contributed by atoms with Crippen LogP contribution in [0.2, 0.25) is 5.02 Å². The molecule has 0 aliphatic carbocycles. The maximum absolute atomic E-state index is 13.0. The van der Waals surface area contributed by atoms with Gasteiger partial charge >= 0.3 is 5.97 Å². The van der Waals surface area contributed by atoms with E-state index in [-0.39, 0.29) is 17.2 Å². The number of hydrogen-bond donors (Lipinski definition) is 0. The standard InChI is InChI=1S/C17H13ClFNO3S/c1-10-12(9-23-16-4-3-13(19)7-15(16)18)6-14(24-10)5-11(8-20)17(21)22-2/h3-7H,9H2,1-2H3. The topological polar surface area (TPSA) is 59.3 Å². The number of thiophene rings is 1. The number of ether oxygens (including phenoxy) is 2. The lowest BCUT2D eigenvalue weighted by atomic mass is 10.2. The van der Waals surface area contributed by atoms with Crippen molar-refractivity contribution in [1.82, 2.24) is 0 Å². The number of nitrogens with zero attached hydrogens (tertiary/aromatic N) is 1. The van der Waals surface area contributed by atoms with Crippen molar-refractivity contribution in [2.24, 2.45) is 0 Å². The van der Waals surface area contributed by atoms with E-state index in [2.05, 4.69) is 4.74 Å². The molecule has 24 heavy (non-hydrogen) atoms. The smallest absolute Gasteiger partial charge is 0.348 e. The molecule has 1 aromatic carbocycles. The Bertz CT molecular complexity index is 839. The molecule has 0 fully saturated rings. The SMILES string of the molecule is COC(=O)C(C#N)=Cc1cc(COc2ccc(F)cc2Cl)c(C)s1. The van der Waals surface area contributed by atoms with Gasteiger partial charge in [0.1, 0.15) is 29.8 Å². The first-order chi connectivity index (χ1) is 11.4. The van der Waals surface area contributed by atoms with E-state index >= 15 is 0 Å². The Morgan fingerprint density at radius 2 is 2.21 bits per heavy atom. The minimum atomic E-state index is -0.681. The molecular formula is C17H13ClFNO3S. The molecule has 0 amide bonds. The third kappa shape index (κ3) is 4.34. The molecule has 0 bridgehead atoms. The number of methoxy groups -OCH3 is 1. The fraction of sp³-hybridized carbons (Fsp3) is 0.176. The van der Waals surface area contributed by atoms with Crippen molar-refractivity contribution in [2.45, 2.75) is 13.5 Å². The lowest BCUT2D eigenvalue weighted by Crippen LogP contribution is -2.02. The quantitative estimate of drug-likeness (QED) is 0.444. The van der Waals surface area contributed by atoms with Crippen LogP contribution >= 0.6 is 22.9 Å². The zero-order chi connectivity index (χ0) is 17.7. The predicted octanol–water partition coefficient (Wildman–Crippen LogP) is 4.51. The second-order valence-electron chi connectivity index (χ2n) is 4.76. The number of rotatable bonds is 5. The average Bonchev–Trinajstić information content (AvgIpc) is 2.90. The first-order valence-corrected chi connectivity index (χ1v) is 8.01. The number of nitriles is 1. The van der Waals surface area contributed by atoms with Gasteiger partial charge in [0.2, 0.25) is 0 Å². The van der Waals surface area contributed by atoms with Crippen molar-refractivity contribution in [1.29, 1.82) is 5.26 Å². The Morgan fingerprint density at radius 1 is 1.46 bits per heavy atom. The number of carbonyl (C=O) groups excluding carboxylic acids is 1. The van der Waals surface area contributed by atoms with E-state index in [4.69, 9.17) is 21.6 Å². The second kappa shape index (κ2) is 7.95. The number of halogens is 2. The first kappa shape index (κ1) is 18.0. The zero-order valence-electron chi connectivity index (χ0n) is 12.9. The maximum atomic E-state index is 13.0. The van der Waals surface area contributed by atoms with Crippen molar-refractivity contribution in [2.75, 3.05) is 7.11 Å². The van der Waals surface area contributed by atoms with Gasteiger partial charge in [0, 0.05) is 15.3 Å². The Morgan fingerprint density at radius 3 is 2.83 bits per heavy atom. The Labute approximate surface area is 147 Å². The van der Waals surface area contributed by atoms with Gasteiger partial charge < -0.3 is 9.47 Å². The summed E-state index contributed by atoms with van der Waals surface area (Å²) in [6, 6.07) is 7.54. The average molecular weight is 366 g/mol. The molecular weight excluding hydrogens is 353 g/mol. The van der Waals surface area contributed by atoms with Crippen molar-refractivity contribution in [3.8, 4) is 11.8 Å². The number of carbonyl (C=O) groups is 1. The molecule has 0 saturated heterocycles. The van der Waals surface area contributed by atoms with Gasteiger partial charge in [0.05, 0.1) is 12.1 Å². The molecule has 2 aromatic rings. The molecule has 2 rings (SSSR count). The first-order valence-electron chi connectivity index (χ1n) is 6.82. The van der Waals surface area contributed by atoms with E-state index in [0.29, 0.717) is 5.75 Å². The summed E-state index contributed by atoms with van der Waals surface area (Å²) in [5.74, 6) is -0.731. The van der Waals surface area contributed by atoms with E-state index in [0.717, 1.165) is 15.3 Å². The number of aryl methyl sites for hydroxylation is 1. The van der Waals surface area contributed by atoms with Gasteiger partial charge in [-0.25, -0.2) is 9.18 Å². The van der Waals surface area contributed by atoms with Crippen molar-refractivity contribution < 1.29 is 18.7 Å². The molecule has 7 heteroatoms. The van der Waals surface area contributed by atoms with E-state index < -0.39 is 11.8 Å². The minimum Gasteiger partial charge on any atom is -0.487 e. The van der Waals surface area contributed by atoms with Gasteiger partial charge in [-0.15, -0.1) is 11.3 Å². The molecule has 124 valence electrons. The van der Waals surface area contributed by atoms with Gasteiger partial charge in [-0.1, -0.05) is 11.6 Å². The third-order valence-corrected chi connectivity index (χ3v) is 4.46. The van der Waals surface area contributed by atoms with Crippen LogP contribution in [0.3, 0.4) is 0 Å². The fourth-order valence-corrected chi connectivity index (χ4v) is 3.10. The second-order valence-corrected chi connectivity index (χ2v) is 6.45. The van der Waals surface area contributed by atoms with Gasteiger partial charge in [0.15, 0.2) is 0 Å². The molecule has 0 aliphatic heterocycles. The highest BCUT2D eigenvalue weighted by Crippen LogP contribution is 2.28. The summed E-state index contributed by atoms with van der Waals surface area (Å²) in [6.45, 7) is 2.14. The molecule has 0 aliphatic rings.